The molecule has 0 spiro atoms. The summed E-state index contributed by atoms with van der Waals surface area (Å²) in [6, 6.07) is 12.7. The number of hydrogen-bond donors (Lipinski definition) is 1. The van der Waals surface area contributed by atoms with Crippen LogP contribution in [-0.4, -0.2) is 16.3 Å². The maximum atomic E-state index is 9.40. The zero-order chi connectivity index (χ0) is 13.7. The topological polar surface area (TPSA) is 25.2 Å². The Morgan fingerprint density at radius 2 is 1.89 bits per heavy atom. The number of rotatable bonds is 6. The van der Waals surface area contributed by atoms with E-state index in [2.05, 4.69) is 55.1 Å². The Kier molecular flexibility index (Phi) is 4.80. The monoisotopic (exact) mass is 257 g/mol. The van der Waals surface area contributed by atoms with Crippen molar-refractivity contribution in [2.24, 2.45) is 7.05 Å². The Morgan fingerprint density at radius 1 is 1.16 bits per heavy atom. The molecule has 0 aliphatic heterocycles. The van der Waals surface area contributed by atoms with Crippen molar-refractivity contribution >= 4 is 0 Å². The lowest BCUT2D eigenvalue weighted by Gasteiger charge is -2.20. The molecule has 0 unspecified atom stereocenters. The predicted molar refractivity (Wildman–Crippen MR) is 79.4 cm³/mol. The van der Waals surface area contributed by atoms with Gasteiger partial charge in [-0.05, 0) is 30.0 Å². The van der Waals surface area contributed by atoms with Gasteiger partial charge in [0.1, 0.15) is 0 Å². The van der Waals surface area contributed by atoms with Crippen LogP contribution < -0.4 is 0 Å². The average Bonchev–Trinajstić information content (AvgIpc) is 2.79. The van der Waals surface area contributed by atoms with E-state index < -0.39 is 0 Å². The standard InChI is InChI=1S/C17H23NO/c1-3-7-15-10-12-18(2)17(15)16(11-13-19)14-8-5-4-6-9-14/h4-6,8-10,12,16,19H,3,7,11,13H2,1-2H3/t16-/m0/s1. The third-order valence-electron chi connectivity index (χ3n) is 3.68. The zero-order valence-corrected chi connectivity index (χ0v) is 11.8. The molecule has 0 aliphatic rings. The van der Waals surface area contributed by atoms with E-state index in [-0.39, 0.29) is 12.5 Å². The second-order valence-electron chi connectivity index (χ2n) is 5.06. The van der Waals surface area contributed by atoms with Crippen LogP contribution in [0.5, 0.6) is 0 Å². The van der Waals surface area contributed by atoms with Crippen molar-refractivity contribution in [2.75, 3.05) is 6.61 Å². The number of benzene rings is 1. The van der Waals surface area contributed by atoms with Crippen LogP contribution in [0.2, 0.25) is 0 Å². The van der Waals surface area contributed by atoms with Gasteiger partial charge in [0.05, 0.1) is 0 Å². The van der Waals surface area contributed by atoms with E-state index in [9.17, 15) is 5.11 Å². The van der Waals surface area contributed by atoms with Gasteiger partial charge < -0.3 is 9.67 Å². The Balaban J connectivity index is 2.42. The minimum absolute atomic E-state index is 0.219. The molecule has 0 radical (unpaired) electrons. The van der Waals surface area contributed by atoms with E-state index in [4.69, 9.17) is 0 Å². The molecular weight excluding hydrogens is 234 g/mol. The molecular formula is C17H23NO. The number of nitrogens with zero attached hydrogens (tertiary/aromatic N) is 1. The lowest BCUT2D eigenvalue weighted by atomic mass is 9.89. The van der Waals surface area contributed by atoms with Gasteiger partial charge in [-0.1, -0.05) is 43.7 Å². The van der Waals surface area contributed by atoms with Crippen LogP contribution in [0.4, 0.5) is 0 Å². The fourth-order valence-electron chi connectivity index (χ4n) is 2.82. The van der Waals surface area contributed by atoms with Crippen molar-refractivity contribution in [3.05, 3.63) is 59.4 Å². The van der Waals surface area contributed by atoms with Crippen molar-refractivity contribution in [3.8, 4) is 0 Å². The van der Waals surface area contributed by atoms with Gasteiger partial charge in [-0.3, -0.25) is 0 Å². The fourth-order valence-corrected chi connectivity index (χ4v) is 2.82. The second kappa shape index (κ2) is 6.58. The molecule has 102 valence electrons. The molecule has 0 saturated carbocycles. The van der Waals surface area contributed by atoms with Crippen LogP contribution in [0.3, 0.4) is 0 Å². The molecule has 1 heterocycles. The van der Waals surface area contributed by atoms with E-state index in [0.29, 0.717) is 0 Å². The van der Waals surface area contributed by atoms with Gasteiger partial charge in [-0.15, -0.1) is 0 Å². The summed E-state index contributed by atoms with van der Waals surface area (Å²) in [5.41, 5.74) is 4.05. The van der Waals surface area contributed by atoms with Crippen molar-refractivity contribution in [1.29, 1.82) is 0 Å². The number of aliphatic hydroxyl groups is 1. The molecule has 0 amide bonds. The number of aryl methyl sites for hydroxylation is 2. The molecule has 0 bridgehead atoms. The van der Waals surface area contributed by atoms with E-state index in [1.54, 1.807) is 0 Å². The Labute approximate surface area is 115 Å². The first-order valence-electron chi connectivity index (χ1n) is 7.07. The van der Waals surface area contributed by atoms with Crippen LogP contribution in [0, 0.1) is 0 Å². The molecule has 1 aromatic carbocycles. The molecule has 2 rings (SSSR count). The summed E-state index contributed by atoms with van der Waals surface area (Å²) in [5, 5.41) is 9.40. The summed E-state index contributed by atoms with van der Waals surface area (Å²) in [6.45, 7) is 2.43. The minimum atomic E-state index is 0.219. The van der Waals surface area contributed by atoms with Gasteiger partial charge in [-0.2, -0.15) is 0 Å². The Bertz CT molecular complexity index is 501. The van der Waals surface area contributed by atoms with Crippen molar-refractivity contribution in [3.63, 3.8) is 0 Å². The van der Waals surface area contributed by atoms with Gasteiger partial charge in [-0.25, -0.2) is 0 Å². The van der Waals surface area contributed by atoms with Gasteiger partial charge in [0.25, 0.3) is 0 Å². The van der Waals surface area contributed by atoms with Crippen molar-refractivity contribution in [1.82, 2.24) is 4.57 Å². The van der Waals surface area contributed by atoms with Crippen LogP contribution in [0.1, 0.15) is 42.5 Å². The van der Waals surface area contributed by atoms with Crippen LogP contribution in [0.25, 0.3) is 0 Å². The summed E-state index contributed by atoms with van der Waals surface area (Å²) in [4.78, 5) is 0. The van der Waals surface area contributed by atoms with E-state index >= 15 is 0 Å². The smallest absolute Gasteiger partial charge is 0.0440 e. The highest BCUT2D eigenvalue weighted by atomic mass is 16.3. The van der Waals surface area contributed by atoms with Gasteiger partial charge >= 0.3 is 0 Å². The van der Waals surface area contributed by atoms with Gasteiger partial charge in [0.2, 0.25) is 0 Å². The first-order valence-corrected chi connectivity index (χ1v) is 7.07. The maximum Gasteiger partial charge on any atom is 0.0440 e. The highest BCUT2D eigenvalue weighted by Gasteiger charge is 2.19. The molecule has 2 heteroatoms. The van der Waals surface area contributed by atoms with E-state index in [1.165, 1.54) is 16.8 Å². The van der Waals surface area contributed by atoms with Crippen LogP contribution >= 0.6 is 0 Å². The van der Waals surface area contributed by atoms with E-state index in [1.807, 2.05) is 6.07 Å². The summed E-state index contributed by atoms with van der Waals surface area (Å²) in [5.74, 6) is 0.285. The molecule has 1 aromatic heterocycles. The Hall–Kier alpha value is -1.54. The lowest BCUT2D eigenvalue weighted by Crippen LogP contribution is -2.10. The molecule has 2 aromatic rings. The minimum Gasteiger partial charge on any atom is -0.396 e. The zero-order valence-electron chi connectivity index (χ0n) is 11.8. The molecule has 0 saturated heterocycles. The summed E-state index contributed by atoms with van der Waals surface area (Å²) < 4.78 is 2.21. The molecule has 1 N–H and O–H groups in total. The maximum absolute atomic E-state index is 9.40. The molecule has 0 fully saturated rings. The highest BCUT2D eigenvalue weighted by Crippen LogP contribution is 2.31. The fraction of sp³-hybridized carbons (Fsp3) is 0.412. The number of aromatic nitrogens is 1. The third kappa shape index (κ3) is 3.07. The summed E-state index contributed by atoms with van der Waals surface area (Å²) in [7, 11) is 2.10. The SMILES string of the molecule is CCCc1ccn(C)c1[C@@H](CCO)c1ccccc1. The molecule has 0 aliphatic carbocycles. The van der Waals surface area contributed by atoms with Gasteiger partial charge in [0, 0.05) is 31.5 Å². The predicted octanol–water partition coefficient (Wildman–Crippen LogP) is 3.49. The van der Waals surface area contributed by atoms with Gasteiger partial charge in [0.15, 0.2) is 0 Å². The van der Waals surface area contributed by atoms with Crippen molar-refractivity contribution in [2.45, 2.75) is 32.1 Å². The summed E-state index contributed by atoms with van der Waals surface area (Å²) >= 11 is 0. The molecule has 1 atom stereocenters. The molecule has 2 nitrogen and oxygen atoms in total. The second-order valence-corrected chi connectivity index (χ2v) is 5.06. The number of aliphatic hydroxyl groups excluding tert-OH is 1. The summed E-state index contributed by atoms with van der Waals surface area (Å²) in [6.07, 6.45) is 5.16. The normalized spacial score (nSPS) is 12.6. The molecule has 19 heavy (non-hydrogen) atoms. The van der Waals surface area contributed by atoms with Crippen LogP contribution in [0.15, 0.2) is 42.6 Å². The first-order chi connectivity index (χ1) is 9.27. The quantitative estimate of drug-likeness (QED) is 0.842. The van der Waals surface area contributed by atoms with E-state index in [0.717, 1.165) is 19.3 Å². The highest BCUT2D eigenvalue weighted by molar-refractivity contribution is 5.35. The first kappa shape index (κ1) is 13.9. The number of hydrogen-bond acceptors (Lipinski definition) is 1. The Morgan fingerprint density at radius 3 is 2.53 bits per heavy atom. The van der Waals surface area contributed by atoms with Crippen LogP contribution in [-0.2, 0) is 13.5 Å². The average molecular weight is 257 g/mol. The van der Waals surface area contributed by atoms with Crippen molar-refractivity contribution < 1.29 is 5.11 Å². The lowest BCUT2D eigenvalue weighted by molar-refractivity contribution is 0.280. The third-order valence-corrected chi connectivity index (χ3v) is 3.68. The largest absolute Gasteiger partial charge is 0.396 e.